The highest BCUT2D eigenvalue weighted by atomic mass is 35.5. The Morgan fingerprint density at radius 1 is 1.25 bits per heavy atom. The van der Waals surface area contributed by atoms with Crippen molar-refractivity contribution in [3.8, 4) is 0 Å². The van der Waals surface area contributed by atoms with Crippen molar-refractivity contribution in [2.45, 2.75) is 38.9 Å². The summed E-state index contributed by atoms with van der Waals surface area (Å²) in [5, 5.41) is 0.227. The molecule has 0 N–H and O–H groups in total. The van der Waals surface area contributed by atoms with Crippen LogP contribution in [0.4, 0.5) is 0 Å². The third-order valence-electron chi connectivity index (χ3n) is 3.73. The van der Waals surface area contributed by atoms with E-state index < -0.39 is 7.12 Å². The first-order chi connectivity index (χ1) is 9.25. The lowest BCUT2D eigenvalue weighted by Crippen LogP contribution is -2.41. The van der Waals surface area contributed by atoms with E-state index in [1.807, 2.05) is 33.8 Å². The summed E-state index contributed by atoms with van der Waals surface area (Å²) in [5.74, 6) is 0.527. The van der Waals surface area contributed by atoms with Gasteiger partial charge in [-0.15, -0.1) is 0 Å². The van der Waals surface area contributed by atoms with Crippen molar-refractivity contribution in [3.05, 3.63) is 28.7 Å². The molecule has 0 spiro atoms. The number of halogens is 1. The molecule has 0 atom stereocenters. The molecule has 0 aromatic carbocycles. The van der Waals surface area contributed by atoms with Crippen molar-refractivity contribution < 1.29 is 9.31 Å². The van der Waals surface area contributed by atoms with Gasteiger partial charge in [0.2, 0.25) is 5.28 Å². The summed E-state index contributed by atoms with van der Waals surface area (Å²) in [6, 6.07) is 0. The first-order valence-corrected chi connectivity index (χ1v) is 7.41. The summed E-state index contributed by atoms with van der Waals surface area (Å²) >= 11 is 10.0. The second-order valence-corrected chi connectivity index (χ2v) is 6.41. The third kappa shape index (κ3) is 3.19. The fraction of sp³-hybridized carbons (Fsp3) is 0.538. The average Bonchev–Trinajstić information content (AvgIpc) is 2.57. The monoisotopic (exact) mass is 312 g/mol. The summed E-state index contributed by atoms with van der Waals surface area (Å²) in [6.07, 6.45) is 5.24. The highest BCUT2D eigenvalue weighted by Gasteiger charge is 2.52. The summed E-state index contributed by atoms with van der Waals surface area (Å²) in [4.78, 5) is 7.91. The zero-order valence-corrected chi connectivity index (χ0v) is 13.7. The summed E-state index contributed by atoms with van der Waals surface area (Å²) in [6.45, 7) is 8.09. The van der Waals surface area contributed by atoms with E-state index in [2.05, 4.69) is 22.6 Å². The quantitative estimate of drug-likeness (QED) is 0.529. The van der Waals surface area contributed by atoms with Gasteiger partial charge in [-0.25, -0.2) is 9.97 Å². The number of thiol groups is 1. The van der Waals surface area contributed by atoms with Gasteiger partial charge in [0.15, 0.2) is 0 Å². The Labute approximate surface area is 130 Å². The van der Waals surface area contributed by atoms with Crippen molar-refractivity contribution in [2.24, 2.45) is 0 Å². The molecule has 108 valence electrons. The van der Waals surface area contributed by atoms with E-state index in [1.54, 1.807) is 12.4 Å². The number of nitrogens with zero attached hydrogens (tertiary/aromatic N) is 2. The minimum Gasteiger partial charge on any atom is -0.400 e. The minimum atomic E-state index is -0.409. The van der Waals surface area contributed by atoms with Gasteiger partial charge in [-0.2, -0.15) is 12.6 Å². The van der Waals surface area contributed by atoms with Crippen LogP contribution in [0.3, 0.4) is 0 Å². The Bertz CT molecular complexity index is 504. The number of aromatic nitrogens is 2. The zero-order chi connectivity index (χ0) is 15.0. The summed E-state index contributed by atoms with van der Waals surface area (Å²) < 4.78 is 12.0. The predicted molar refractivity (Wildman–Crippen MR) is 85.0 cm³/mol. The van der Waals surface area contributed by atoms with E-state index in [9.17, 15) is 0 Å². The molecule has 1 aliphatic heterocycles. The molecule has 0 aliphatic carbocycles. The molecule has 0 radical (unpaired) electrons. The van der Waals surface area contributed by atoms with E-state index in [4.69, 9.17) is 20.9 Å². The van der Waals surface area contributed by atoms with Gasteiger partial charge in [-0.1, -0.05) is 6.08 Å². The van der Waals surface area contributed by atoms with Crippen LogP contribution in [0.25, 0.3) is 6.08 Å². The van der Waals surface area contributed by atoms with Crippen LogP contribution in [-0.4, -0.2) is 34.0 Å². The topological polar surface area (TPSA) is 44.2 Å². The summed E-state index contributed by atoms with van der Waals surface area (Å²) in [7, 11) is -0.409. The van der Waals surface area contributed by atoms with E-state index in [0.717, 1.165) is 11.0 Å². The van der Waals surface area contributed by atoms with Crippen LogP contribution in [0.2, 0.25) is 5.28 Å². The molecule has 4 nitrogen and oxygen atoms in total. The van der Waals surface area contributed by atoms with E-state index in [1.165, 1.54) is 0 Å². The maximum atomic E-state index is 6.01. The Morgan fingerprint density at radius 2 is 1.75 bits per heavy atom. The molecule has 1 aliphatic rings. The molecule has 0 saturated carbocycles. The molecule has 1 aromatic heterocycles. The lowest BCUT2D eigenvalue weighted by Gasteiger charge is -2.32. The lowest BCUT2D eigenvalue weighted by atomic mass is 9.78. The molecule has 1 fully saturated rings. The van der Waals surface area contributed by atoms with Crippen molar-refractivity contribution in [3.63, 3.8) is 0 Å². The molecule has 0 unspecified atom stereocenters. The fourth-order valence-electron chi connectivity index (χ4n) is 1.79. The molecular formula is C13H18BClN2O2S. The highest BCUT2D eigenvalue weighted by molar-refractivity contribution is 7.80. The van der Waals surface area contributed by atoms with Crippen LogP contribution in [0, 0.1) is 0 Å². The standard InChI is InChI=1S/C13H18BClN2O2S/c1-12(2)13(3,4)19-14(18-12)10(8-20)5-9-6-16-11(15)17-7-9/h5-7,20H,8H2,1-4H3. The van der Waals surface area contributed by atoms with Crippen LogP contribution in [-0.2, 0) is 9.31 Å². The Hall–Kier alpha value is -0.555. The largest absolute Gasteiger partial charge is 0.491 e. The maximum absolute atomic E-state index is 6.01. The molecule has 7 heteroatoms. The number of rotatable bonds is 3. The van der Waals surface area contributed by atoms with Gasteiger partial charge in [0.1, 0.15) is 0 Å². The van der Waals surface area contributed by atoms with Crippen molar-refractivity contribution in [1.82, 2.24) is 9.97 Å². The Kier molecular flexibility index (Phi) is 4.49. The first-order valence-electron chi connectivity index (χ1n) is 6.40. The van der Waals surface area contributed by atoms with Crippen LogP contribution in [0.15, 0.2) is 17.9 Å². The van der Waals surface area contributed by atoms with Crippen molar-refractivity contribution >= 4 is 37.4 Å². The Morgan fingerprint density at radius 3 is 2.20 bits per heavy atom. The van der Waals surface area contributed by atoms with Crippen LogP contribution >= 0.6 is 24.2 Å². The molecule has 0 amide bonds. The molecule has 2 heterocycles. The smallest absolute Gasteiger partial charge is 0.400 e. The minimum absolute atomic E-state index is 0.227. The van der Waals surface area contributed by atoms with E-state index in [0.29, 0.717) is 5.75 Å². The maximum Gasteiger partial charge on any atom is 0.491 e. The fourth-order valence-corrected chi connectivity index (χ4v) is 2.13. The van der Waals surface area contributed by atoms with Gasteiger partial charge in [-0.05, 0) is 44.8 Å². The summed E-state index contributed by atoms with van der Waals surface area (Å²) in [5.41, 5.74) is 1.04. The van der Waals surface area contributed by atoms with Gasteiger partial charge in [0, 0.05) is 23.7 Å². The molecule has 2 rings (SSSR count). The number of hydrogen-bond acceptors (Lipinski definition) is 5. The van der Waals surface area contributed by atoms with E-state index in [-0.39, 0.29) is 16.5 Å². The molecular weight excluding hydrogens is 294 g/mol. The highest BCUT2D eigenvalue weighted by Crippen LogP contribution is 2.38. The normalized spacial score (nSPS) is 21.3. The van der Waals surface area contributed by atoms with Crippen LogP contribution in [0.5, 0.6) is 0 Å². The first kappa shape index (κ1) is 15.8. The predicted octanol–water partition coefficient (Wildman–Crippen LogP) is 3.07. The Balaban J connectivity index is 2.24. The van der Waals surface area contributed by atoms with Gasteiger partial charge < -0.3 is 9.31 Å². The third-order valence-corrected chi connectivity index (χ3v) is 4.29. The molecule has 20 heavy (non-hydrogen) atoms. The lowest BCUT2D eigenvalue weighted by molar-refractivity contribution is 0.00578. The molecule has 1 saturated heterocycles. The van der Waals surface area contributed by atoms with Crippen LogP contribution in [0.1, 0.15) is 33.3 Å². The zero-order valence-electron chi connectivity index (χ0n) is 12.1. The van der Waals surface area contributed by atoms with E-state index >= 15 is 0 Å². The van der Waals surface area contributed by atoms with Crippen LogP contribution < -0.4 is 0 Å². The average molecular weight is 313 g/mol. The second-order valence-electron chi connectivity index (χ2n) is 5.75. The van der Waals surface area contributed by atoms with Gasteiger partial charge in [0.25, 0.3) is 0 Å². The SMILES string of the molecule is CC1(C)OB(C(=Cc2cnc(Cl)nc2)CS)OC1(C)C. The van der Waals surface area contributed by atoms with Gasteiger partial charge in [-0.3, -0.25) is 0 Å². The molecule has 1 aromatic rings. The van der Waals surface area contributed by atoms with Gasteiger partial charge in [0.05, 0.1) is 11.2 Å². The van der Waals surface area contributed by atoms with Crippen molar-refractivity contribution in [2.75, 3.05) is 5.75 Å². The second kappa shape index (κ2) is 5.68. The van der Waals surface area contributed by atoms with Crippen molar-refractivity contribution in [1.29, 1.82) is 0 Å². The number of hydrogen-bond donors (Lipinski definition) is 1. The molecule has 0 bridgehead atoms. The van der Waals surface area contributed by atoms with Gasteiger partial charge >= 0.3 is 7.12 Å².